The van der Waals surface area contributed by atoms with Crippen LogP contribution in [0.5, 0.6) is 0 Å². The molecule has 0 heterocycles. The minimum Gasteiger partial charge on any atom is -0.317 e. The van der Waals surface area contributed by atoms with Gasteiger partial charge in [0, 0.05) is 0 Å². The van der Waals surface area contributed by atoms with E-state index in [1.165, 1.54) is 64.3 Å². The van der Waals surface area contributed by atoms with Crippen LogP contribution in [0.25, 0.3) is 0 Å². The summed E-state index contributed by atoms with van der Waals surface area (Å²) in [6.45, 7) is 9.62. The Labute approximate surface area is 120 Å². The van der Waals surface area contributed by atoms with E-state index < -0.39 is 0 Å². The summed E-state index contributed by atoms with van der Waals surface area (Å²) in [6, 6.07) is 0. The smallest absolute Gasteiger partial charge is 0.00180 e. The van der Waals surface area contributed by atoms with Gasteiger partial charge in [0.05, 0.1) is 0 Å². The zero-order valence-corrected chi connectivity index (χ0v) is 13.5. The summed E-state index contributed by atoms with van der Waals surface area (Å²) in [5.41, 5.74) is 0.599. The van der Waals surface area contributed by atoms with Gasteiger partial charge in [-0.25, -0.2) is 0 Å². The molecule has 112 valence electrons. The molecule has 2 saturated carbocycles. The molecule has 0 aromatic carbocycles. The van der Waals surface area contributed by atoms with Gasteiger partial charge < -0.3 is 5.32 Å². The van der Waals surface area contributed by atoms with Crippen molar-refractivity contribution in [2.24, 2.45) is 23.2 Å². The van der Waals surface area contributed by atoms with Crippen LogP contribution in [0.15, 0.2) is 0 Å². The van der Waals surface area contributed by atoms with E-state index in [1.807, 2.05) is 0 Å². The second-order valence-corrected chi connectivity index (χ2v) is 7.97. The Kier molecular flexibility index (Phi) is 5.74. The molecule has 19 heavy (non-hydrogen) atoms. The Morgan fingerprint density at radius 3 is 2.42 bits per heavy atom. The third kappa shape index (κ3) is 4.77. The van der Waals surface area contributed by atoms with E-state index in [-0.39, 0.29) is 0 Å². The fourth-order valence-electron chi connectivity index (χ4n) is 4.52. The average Bonchev–Trinajstić information content (AvgIpc) is 2.38. The third-order valence-electron chi connectivity index (χ3n) is 5.69. The highest BCUT2D eigenvalue weighted by Gasteiger charge is 2.35. The van der Waals surface area contributed by atoms with Gasteiger partial charge in [-0.1, -0.05) is 52.9 Å². The van der Waals surface area contributed by atoms with Crippen LogP contribution in [0.1, 0.15) is 78.6 Å². The van der Waals surface area contributed by atoms with Gasteiger partial charge in [-0.05, 0) is 61.9 Å². The van der Waals surface area contributed by atoms with Gasteiger partial charge in [-0.2, -0.15) is 0 Å². The first-order valence-electron chi connectivity index (χ1n) is 8.81. The fraction of sp³-hybridized carbons (Fsp3) is 1.00. The van der Waals surface area contributed by atoms with Gasteiger partial charge in [0.2, 0.25) is 0 Å². The van der Waals surface area contributed by atoms with E-state index >= 15 is 0 Å². The van der Waals surface area contributed by atoms with Crippen molar-refractivity contribution in [3.8, 4) is 0 Å². The van der Waals surface area contributed by atoms with E-state index in [1.54, 1.807) is 0 Å². The van der Waals surface area contributed by atoms with Crippen LogP contribution >= 0.6 is 0 Å². The summed E-state index contributed by atoms with van der Waals surface area (Å²) in [4.78, 5) is 0. The summed E-state index contributed by atoms with van der Waals surface area (Å²) < 4.78 is 0. The van der Waals surface area contributed by atoms with Crippen molar-refractivity contribution < 1.29 is 0 Å². The predicted molar refractivity (Wildman–Crippen MR) is 84.3 cm³/mol. The zero-order chi connectivity index (χ0) is 13.7. The number of nitrogens with one attached hydrogen (secondary N) is 1. The van der Waals surface area contributed by atoms with Crippen molar-refractivity contribution in [3.63, 3.8) is 0 Å². The molecule has 2 atom stereocenters. The molecule has 1 heteroatoms. The second kappa shape index (κ2) is 7.11. The molecule has 1 nitrogen and oxygen atoms in total. The second-order valence-electron chi connectivity index (χ2n) is 7.97. The van der Waals surface area contributed by atoms with Crippen LogP contribution in [-0.4, -0.2) is 13.1 Å². The van der Waals surface area contributed by atoms with Crippen molar-refractivity contribution in [2.75, 3.05) is 13.1 Å². The summed E-state index contributed by atoms with van der Waals surface area (Å²) >= 11 is 0. The van der Waals surface area contributed by atoms with Crippen molar-refractivity contribution in [1.29, 1.82) is 0 Å². The van der Waals surface area contributed by atoms with E-state index in [0.29, 0.717) is 5.41 Å². The Bertz CT molecular complexity index is 252. The Morgan fingerprint density at radius 1 is 1.00 bits per heavy atom. The first-order valence-corrected chi connectivity index (χ1v) is 8.81. The first kappa shape index (κ1) is 15.4. The average molecular weight is 265 g/mol. The molecule has 1 N–H and O–H groups in total. The Hall–Kier alpha value is -0.0400. The highest BCUT2D eigenvalue weighted by molar-refractivity contribution is 4.87. The summed E-state index contributed by atoms with van der Waals surface area (Å²) in [6.07, 6.45) is 13.4. The van der Waals surface area contributed by atoms with Crippen molar-refractivity contribution in [1.82, 2.24) is 5.32 Å². The number of hydrogen-bond donors (Lipinski definition) is 1. The third-order valence-corrected chi connectivity index (χ3v) is 5.69. The molecule has 0 spiro atoms. The van der Waals surface area contributed by atoms with Crippen LogP contribution in [0.3, 0.4) is 0 Å². The van der Waals surface area contributed by atoms with Crippen molar-refractivity contribution in [2.45, 2.75) is 78.6 Å². The summed E-state index contributed by atoms with van der Waals surface area (Å²) in [5.74, 6) is 3.00. The van der Waals surface area contributed by atoms with Crippen molar-refractivity contribution in [3.05, 3.63) is 0 Å². The molecular weight excluding hydrogens is 230 g/mol. The van der Waals surface area contributed by atoms with Crippen LogP contribution in [-0.2, 0) is 0 Å². The first-order chi connectivity index (χ1) is 9.11. The molecular formula is C18H35N. The maximum Gasteiger partial charge on any atom is -0.00180 e. The van der Waals surface area contributed by atoms with Gasteiger partial charge in [-0.15, -0.1) is 0 Å². The number of hydrogen-bond acceptors (Lipinski definition) is 1. The molecule has 2 aliphatic carbocycles. The normalized spacial score (nSPS) is 32.4. The quantitative estimate of drug-likeness (QED) is 0.737. The fourth-order valence-corrected chi connectivity index (χ4v) is 4.52. The van der Waals surface area contributed by atoms with Crippen LogP contribution < -0.4 is 5.32 Å². The van der Waals surface area contributed by atoms with Crippen LogP contribution in [0.2, 0.25) is 0 Å². The standard InChI is InChI=1S/C18H35N/c1-4-19-14-16-10-11-18(2,3)13-17(16)12-15-8-6-5-7-9-15/h15-17,19H,4-14H2,1-3H3. The molecule has 0 aromatic rings. The lowest BCUT2D eigenvalue weighted by atomic mass is 9.64. The molecule has 2 fully saturated rings. The lowest BCUT2D eigenvalue weighted by Crippen LogP contribution is -2.37. The minimum atomic E-state index is 0.599. The highest BCUT2D eigenvalue weighted by Crippen LogP contribution is 2.45. The molecule has 0 aromatic heterocycles. The minimum absolute atomic E-state index is 0.599. The largest absolute Gasteiger partial charge is 0.317 e. The van der Waals surface area contributed by atoms with Gasteiger partial charge in [0.25, 0.3) is 0 Å². The van der Waals surface area contributed by atoms with Crippen LogP contribution in [0.4, 0.5) is 0 Å². The van der Waals surface area contributed by atoms with Crippen LogP contribution in [0, 0.1) is 23.2 Å². The molecule has 0 amide bonds. The Balaban J connectivity index is 1.89. The molecule has 2 aliphatic rings. The maximum atomic E-state index is 3.61. The SMILES string of the molecule is CCNCC1CCC(C)(C)CC1CC1CCCCC1. The van der Waals surface area contributed by atoms with E-state index in [0.717, 1.165) is 24.3 Å². The molecule has 0 radical (unpaired) electrons. The van der Waals surface area contributed by atoms with E-state index in [2.05, 4.69) is 26.1 Å². The van der Waals surface area contributed by atoms with Gasteiger partial charge in [-0.3, -0.25) is 0 Å². The Morgan fingerprint density at radius 2 is 1.74 bits per heavy atom. The molecule has 2 unspecified atom stereocenters. The van der Waals surface area contributed by atoms with Gasteiger partial charge >= 0.3 is 0 Å². The van der Waals surface area contributed by atoms with Gasteiger partial charge in [0.1, 0.15) is 0 Å². The molecule has 0 saturated heterocycles. The monoisotopic (exact) mass is 265 g/mol. The lowest BCUT2D eigenvalue weighted by molar-refractivity contribution is 0.0908. The molecule has 0 aliphatic heterocycles. The van der Waals surface area contributed by atoms with E-state index in [9.17, 15) is 0 Å². The predicted octanol–water partition coefficient (Wildman–Crippen LogP) is 5.01. The number of rotatable bonds is 5. The zero-order valence-electron chi connectivity index (χ0n) is 13.5. The maximum absolute atomic E-state index is 3.61. The van der Waals surface area contributed by atoms with E-state index in [4.69, 9.17) is 0 Å². The summed E-state index contributed by atoms with van der Waals surface area (Å²) in [5, 5.41) is 3.61. The summed E-state index contributed by atoms with van der Waals surface area (Å²) in [7, 11) is 0. The van der Waals surface area contributed by atoms with Gasteiger partial charge in [0.15, 0.2) is 0 Å². The molecule has 2 rings (SSSR count). The van der Waals surface area contributed by atoms with Crippen molar-refractivity contribution >= 4 is 0 Å². The molecule has 0 bridgehead atoms. The lowest BCUT2D eigenvalue weighted by Gasteiger charge is -2.42. The topological polar surface area (TPSA) is 12.0 Å². The highest BCUT2D eigenvalue weighted by atomic mass is 14.8.